The number of hydrogen-bond acceptors (Lipinski definition) is 3. The second-order valence-electron chi connectivity index (χ2n) is 4.14. The third-order valence-electron chi connectivity index (χ3n) is 2.79. The van der Waals surface area contributed by atoms with Gasteiger partial charge in [-0.1, -0.05) is 23.7 Å². The monoisotopic (exact) mass is 276 g/mol. The van der Waals surface area contributed by atoms with Crippen molar-refractivity contribution in [3.63, 3.8) is 0 Å². The van der Waals surface area contributed by atoms with Crippen LogP contribution in [0.3, 0.4) is 0 Å². The Kier molecular flexibility index (Phi) is 4.02. The smallest absolute Gasteiger partial charge is 0.339 e. The highest BCUT2D eigenvalue weighted by Crippen LogP contribution is 2.22. The minimum Gasteiger partial charge on any atom is -0.478 e. The number of carbonyl (C=O) groups is 1. The summed E-state index contributed by atoms with van der Waals surface area (Å²) in [6, 6.07) is 9.04. The Morgan fingerprint density at radius 2 is 2.00 bits per heavy atom. The number of nitrogens with one attached hydrogen (secondary N) is 1. The summed E-state index contributed by atoms with van der Waals surface area (Å²) < 4.78 is 0. The fourth-order valence-corrected chi connectivity index (χ4v) is 1.88. The zero-order valence-corrected chi connectivity index (χ0v) is 11.1. The molecule has 19 heavy (non-hydrogen) atoms. The molecule has 4 nitrogen and oxygen atoms in total. The summed E-state index contributed by atoms with van der Waals surface area (Å²) in [5.74, 6) is -1.00. The van der Waals surface area contributed by atoms with Crippen molar-refractivity contribution in [2.45, 2.75) is 13.0 Å². The molecule has 1 aromatic carbocycles. The Labute approximate surface area is 116 Å². The van der Waals surface area contributed by atoms with Gasteiger partial charge in [-0.3, -0.25) is 4.98 Å². The van der Waals surface area contributed by atoms with Crippen molar-refractivity contribution in [2.75, 3.05) is 5.32 Å². The lowest BCUT2D eigenvalue weighted by molar-refractivity contribution is 0.0697. The van der Waals surface area contributed by atoms with E-state index in [-0.39, 0.29) is 11.6 Å². The van der Waals surface area contributed by atoms with Crippen LogP contribution in [0.5, 0.6) is 0 Å². The molecule has 0 radical (unpaired) electrons. The summed E-state index contributed by atoms with van der Waals surface area (Å²) in [5.41, 5.74) is 1.73. The van der Waals surface area contributed by atoms with Gasteiger partial charge in [0, 0.05) is 23.5 Å². The van der Waals surface area contributed by atoms with Crippen molar-refractivity contribution in [2.24, 2.45) is 0 Å². The van der Waals surface area contributed by atoms with E-state index < -0.39 is 5.97 Å². The van der Waals surface area contributed by atoms with Gasteiger partial charge in [0.25, 0.3) is 0 Å². The van der Waals surface area contributed by atoms with E-state index in [0.717, 1.165) is 5.56 Å². The van der Waals surface area contributed by atoms with Crippen molar-refractivity contribution >= 4 is 23.3 Å². The van der Waals surface area contributed by atoms with Gasteiger partial charge in [-0.15, -0.1) is 0 Å². The number of carboxylic acid groups (broad SMARTS) is 1. The fraction of sp³-hybridized carbons (Fsp3) is 0.143. The van der Waals surface area contributed by atoms with Crippen LogP contribution in [0.1, 0.15) is 28.9 Å². The lowest BCUT2D eigenvalue weighted by Gasteiger charge is -2.17. The molecule has 0 saturated heterocycles. The van der Waals surface area contributed by atoms with Gasteiger partial charge in [-0.2, -0.15) is 0 Å². The zero-order chi connectivity index (χ0) is 13.8. The van der Waals surface area contributed by atoms with E-state index in [2.05, 4.69) is 10.3 Å². The van der Waals surface area contributed by atoms with Gasteiger partial charge in [0.05, 0.1) is 5.69 Å². The highest BCUT2D eigenvalue weighted by atomic mass is 35.5. The number of anilines is 1. The minimum absolute atomic E-state index is 0.0298. The summed E-state index contributed by atoms with van der Waals surface area (Å²) in [6.07, 6.45) is 2.89. The van der Waals surface area contributed by atoms with E-state index >= 15 is 0 Å². The zero-order valence-electron chi connectivity index (χ0n) is 10.3. The topological polar surface area (TPSA) is 62.2 Å². The lowest BCUT2D eigenvalue weighted by atomic mass is 10.1. The molecule has 0 bridgehead atoms. The number of nitrogens with zero attached hydrogens (tertiary/aromatic N) is 1. The van der Waals surface area contributed by atoms with Crippen LogP contribution in [0.4, 0.5) is 5.69 Å². The minimum atomic E-state index is -1.00. The molecule has 0 fully saturated rings. The molecular weight excluding hydrogens is 264 g/mol. The van der Waals surface area contributed by atoms with Crippen LogP contribution in [-0.2, 0) is 0 Å². The predicted molar refractivity (Wildman–Crippen MR) is 74.7 cm³/mol. The van der Waals surface area contributed by atoms with Gasteiger partial charge < -0.3 is 10.4 Å². The summed E-state index contributed by atoms with van der Waals surface area (Å²) >= 11 is 5.84. The van der Waals surface area contributed by atoms with Gasteiger partial charge >= 0.3 is 5.97 Å². The molecule has 5 heteroatoms. The maximum atomic E-state index is 11.1. The van der Waals surface area contributed by atoms with Crippen molar-refractivity contribution in [1.29, 1.82) is 0 Å². The van der Waals surface area contributed by atoms with Gasteiger partial charge in [0.15, 0.2) is 0 Å². The van der Waals surface area contributed by atoms with E-state index in [4.69, 9.17) is 16.7 Å². The number of aromatic nitrogens is 1. The molecule has 1 aromatic heterocycles. The highest BCUT2D eigenvalue weighted by molar-refractivity contribution is 6.30. The normalized spacial score (nSPS) is 11.9. The number of carboxylic acids is 1. The number of aromatic carboxylic acids is 1. The number of halogens is 1. The largest absolute Gasteiger partial charge is 0.478 e. The van der Waals surface area contributed by atoms with Gasteiger partial charge in [-0.25, -0.2) is 4.79 Å². The Balaban J connectivity index is 2.21. The fourth-order valence-electron chi connectivity index (χ4n) is 1.76. The molecular formula is C14H13ClN2O2. The van der Waals surface area contributed by atoms with Crippen LogP contribution in [0.15, 0.2) is 42.7 Å². The molecule has 2 aromatic rings. The van der Waals surface area contributed by atoms with E-state index in [0.29, 0.717) is 10.7 Å². The number of hydrogen-bond donors (Lipinski definition) is 2. The second kappa shape index (κ2) is 5.71. The van der Waals surface area contributed by atoms with Crippen LogP contribution >= 0.6 is 11.6 Å². The Hall–Kier alpha value is -2.07. The molecule has 0 amide bonds. The molecule has 0 aliphatic carbocycles. The van der Waals surface area contributed by atoms with Crippen molar-refractivity contribution in [3.05, 3.63) is 58.9 Å². The maximum Gasteiger partial charge on any atom is 0.339 e. The maximum absolute atomic E-state index is 11.1. The van der Waals surface area contributed by atoms with Gasteiger partial charge in [0.2, 0.25) is 0 Å². The summed E-state index contributed by atoms with van der Waals surface area (Å²) in [6.45, 7) is 1.95. The van der Waals surface area contributed by atoms with Crippen LogP contribution < -0.4 is 5.32 Å². The average molecular weight is 277 g/mol. The van der Waals surface area contributed by atoms with Gasteiger partial charge in [0.1, 0.15) is 5.56 Å². The standard InChI is InChI=1S/C14H13ClN2O2/c1-9(10-2-4-11(15)5-3-10)17-13-6-7-16-8-12(13)14(18)19/h2-9H,1H3,(H,16,17)(H,18,19). The third-order valence-corrected chi connectivity index (χ3v) is 3.05. The summed E-state index contributed by atoms with van der Waals surface area (Å²) in [7, 11) is 0. The first-order valence-electron chi connectivity index (χ1n) is 5.77. The Morgan fingerprint density at radius 3 is 2.63 bits per heavy atom. The molecule has 0 aliphatic rings. The van der Waals surface area contributed by atoms with E-state index in [1.165, 1.54) is 6.20 Å². The average Bonchev–Trinajstić information content (AvgIpc) is 2.39. The Bertz CT molecular complexity index is 584. The molecule has 1 atom stereocenters. The van der Waals surface area contributed by atoms with Crippen molar-refractivity contribution < 1.29 is 9.90 Å². The second-order valence-corrected chi connectivity index (χ2v) is 4.58. The SMILES string of the molecule is CC(Nc1ccncc1C(=O)O)c1ccc(Cl)cc1. The molecule has 0 spiro atoms. The van der Waals surface area contributed by atoms with Crippen LogP contribution in [-0.4, -0.2) is 16.1 Å². The van der Waals surface area contributed by atoms with Crippen molar-refractivity contribution in [1.82, 2.24) is 4.98 Å². The molecule has 2 N–H and O–H groups in total. The van der Waals surface area contributed by atoms with E-state index in [9.17, 15) is 4.79 Å². The molecule has 0 aliphatic heterocycles. The first-order valence-corrected chi connectivity index (χ1v) is 6.15. The van der Waals surface area contributed by atoms with E-state index in [1.54, 1.807) is 24.4 Å². The number of pyridine rings is 1. The van der Waals surface area contributed by atoms with Gasteiger partial charge in [-0.05, 0) is 30.7 Å². The molecule has 2 rings (SSSR count). The quantitative estimate of drug-likeness (QED) is 0.895. The Morgan fingerprint density at radius 1 is 1.32 bits per heavy atom. The van der Waals surface area contributed by atoms with E-state index in [1.807, 2.05) is 19.1 Å². The van der Waals surface area contributed by atoms with Crippen LogP contribution in [0, 0.1) is 0 Å². The van der Waals surface area contributed by atoms with Crippen LogP contribution in [0.2, 0.25) is 5.02 Å². The highest BCUT2D eigenvalue weighted by Gasteiger charge is 2.12. The first kappa shape index (κ1) is 13.4. The first-order chi connectivity index (χ1) is 9.08. The summed E-state index contributed by atoms with van der Waals surface area (Å²) in [4.78, 5) is 14.9. The van der Waals surface area contributed by atoms with Crippen LogP contribution in [0.25, 0.3) is 0 Å². The molecule has 1 unspecified atom stereocenters. The third kappa shape index (κ3) is 3.23. The summed E-state index contributed by atoms with van der Waals surface area (Å²) in [5, 5.41) is 12.9. The lowest BCUT2D eigenvalue weighted by Crippen LogP contribution is -2.10. The molecule has 1 heterocycles. The molecule has 98 valence electrons. The van der Waals surface area contributed by atoms with Crippen molar-refractivity contribution in [3.8, 4) is 0 Å². The predicted octanol–water partition coefficient (Wildman–Crippen LogP) is 3.61. The molecule has 0 saturated carbocycles. The number of rotatable bonds is 4. The number of benzene rings is 1.